The molecule has 1 aromatic heterocycles. The second kappa shape index (κ2) is 4.77. The molecule has 0 saturated heterocycles. The maximum absolute atomic E-state index is 5.70. The second-order valence-electron chi connectivity index (χ2n) is 3.47. The molecule has 2 rings (SSSR count). The fourth-order valence-corrected chi connectivity index (χ4v) is 1.65. The molecule has 82 valence electrons. The third kappa shape index (κ3) is 2.04. The average molecular weight is 214 g/mol. The maximum atomic E-state index is 5.70. The van der Waals surface area contributed by atoms with Crippen molar-refractivity contribution in [2.75, 3.05) is 7.11 Å². The summed E-state index contributed by atoms with van der Waals surface area (Å²) in [7, 11) is 1.66. The van der Waals surface area contributed by atoms with Crippen LogP contribution in [0.4, 0.5) is 0 Å². The van der Waals surface area contributed by atoms with Crippen LogP contribution in [0, 0.1) is 0 Å². The van der Waals surface area contributed by atoms with Crippen LogP contribution in [0.15, 0.2) is 42.7 Å². The lowest BCUT2D eigenvalue weighted by Gasteiger charge is -2.08. The number of hydrogen-bond acceptors (Lipinski definition) is 3. The van der Waals surface area contributed by atoms with Crippen LogP contribution in [-0.2, 0) is 6.54 Å². The minimum Gasteiger partial charge on any atom is -0.497 e. The van der Waals surface area contributed by atoms with Crippen LogP contribution < -0.4 is 10.5 Å². The first-order chi connectivity index (χ1) is 7.85. The van der Waals surface area contributed by atoms with E-state index in [0.29, 0.717) is 6.54 Å². The van der Waals surface area contributed by atoms with Crippen molar-refractivity contribution in [3.05, 3.63) is 48.3 Å². The van der Waals surface area contributed by atoms with Gasteiger partial charge in [-0.2, -0.15) is 0 Å². The Morgan fingerprint density at radius 2 is 2.19 bits per heavy atom. The molecule has 1 aromatic carbocycles. The number of hydrogen-bond donors (Lipinski definition) is 1. The fraction of sp³-hybridized carbons (Fsp3) is 0.154. The van der Waals surface area contributed by atoms with Crippen molar-refractivity contribution in [3.8, 4) is 16.9 Å². The van der Waals surface area contributed by atoms with Crippen LogP contribution in [0.1, 0.15) is 5.56 Å². The Kier molecular flexibility index (Phi) is 3.17. The number of nitrogens with zero attached hydrogens (tertiary/aromatic N) is 1. The van der Waals surface area contributed by atoms with E-state index in [0.717, 1.165) is 22.4 Å². The molecule has 0 fully saturated rings. The molecule has 0 bridgehead atoms. The predicted octanol–water partition coefficient (Wildman–Crippen LogP) is 2.22. The molecule has 0 radical (unpaired) electrons. The van der Waals surface area contributed by atoms with Crippen LogP contribution in [0.3, 0.4) is 0 Å². The van der Waals surface area contributed by atoms with E-state index in [1.54, 1.807) is 13.3 Å². The number of ether oxygens (including phenoxy) is 1. The van der Waals surface area contributed by atoms with Gasteiger partial charge >= 0.3 is 0 Å². The van der Waals surface area contributed by atoms with Gasteiger partial charge in [0, 0.05) is 24.5 Å². The van der Waals surface area contributed by atoms with Crippen molar-refractivity contribution in [3.63, 3.8) is 0 Å². The third-order valence-corrected chi connectivity index (χ3v) is 2.51. The zero-order chi connectivity index (χ0) is 11.4. The quantitative estimate of drug-likeness (QED) is 0.852. The molecule has 3 heteroatoms. The van der Waals surface area contributed by atoms with Crippen molar-refractivity contribution in [1.29, 1.82) is 0 Å². The standard InChI is InChI=1S/C13H14N2O/c1-16-12-4-2-3-10(7-12)13-9-15-6-5-11(13)8-14/h2-7,9H,8,14H2,1H3. The summed E-state index contributed by atoms with van der Waals surface area (Å²) in [6.07, 6.45) is 3.59. The zero-order valence-corrected chi connectivity index (χ0v) is 9.18. The zero-order valence-electron chi connectivity index (χ0n) is 9.18. The number of benzene rings is 1. The SMILES string of the molecule is COc1cccc(-c2cnccc2CN)c1. The lowest BCUT2D eigenvalue weighted by molar-refractivity contribution is 0.415. The highest BCUT2D eigenvalue weighted by Crippen LogP contribution is 2.25. The largest absolute Gasteiger partial charge is 0.497 e. The van der Waals surface area contributed by atoms with E-state index in [1.807, 2.05) is 36.5 Å². The van der Waals surface area contributed by atoms with E-state index >= 15 is 0 Å². The Morgan fingerprint density at radius 1 is 1.31 bits per heavy atom. The predicted molar refractivity (Wildman–Crippen MR) is 64.1 cm³/mol. The second-order valence-corrected chi connectivity index (χ2v) is 3.47. The molecule has 16 heavy (non-hydrogen) atoms. The lowest BCUT2D eigenvalue weighted by atomic mass is 10.0. The number of aromatic nitrogens is 1. The Morgan fingerprint density at radius 3 is 2.94 bits per heavy atom. The summed E-state index contributed by atoms with van der Waals surface area (Å²) in [4.78, 5) is 4.13. The van der Waals surface area contributed by atoms with Gasteiger partial charge in [0.25, 0.3) is 0 Å². The molecule has 0 saturated carbocycles. The Hall–Kier alpha value is -1.87. The number of rotatable bonds is 3. The van der Waals surface area contributed by atoms with E-state index in [1.165, 1.54) is 0 Å². The molecule has 1 heterocycles. The molecular formula is C13H14N2O. The van der Waals surface area contributed by atoms with Gasteiger partial charge in [-0.3, -0.25) is 4.98 Å². The van der Waals surface area contributed by atoms with Gasteiger partial charge < -0.3 is 10.5 Å². The smallest absolute Gasteiger partial charge is 0.119 e. The summed E-state index contributed by atoms with van der Waals surface area (Å²) in [5, 5.41) is 0. The van der Waals surface area contributed by atoms with Crippen molar-refractivity contribution in [2.45, 2.75) is 6.54 Å². The number of methoxy groups -OCH3 is 1. The highest BCUT2D eigenvalue weighted by Gasteiger charge is 2.04. The van der Waals surface area contributed by atoms with Crippen LogP contribution in [0.25, 0.3) is 11.1 Å². The molecule has 0 amide bonds. The van der Waals surface area contributed by atoms with Gasteiger partial charge in [-0.1, -0.05) is 12.1 Å². The normalized spacial score (nSPS) is 10.1. The summed E-state index contributed by atoms with van der Waals surface area (Å²) >= 11 is 0. The molecule has 0 aliphatic carbocycles. The summed E-state index contributed by atoms with van der Waals surface area (Å²) in [6.45, 7) is 0.509. The van der Waals surface area contributed by atoms with E-state index in [2.05, 4.69) is 4.98 Å². The topological polar surface area (TPSA) is 48.1 Å². The van der Waals surface area contributed by atoms with Crippen molar-refractivity contribution >= 4 is 0 Å². The van der Waals surface area contributed by atoms with Gasteiger partial charge in [-0.15, -0.1) is 0 Å². The molecule has 2 N–H and O–H groups in total. The van der Waals surface area contributed by atoms with Gasteiger partial charge in [0.05, 0.1) is 7.11 Å². The van der Waals surface area contributed by atoms with E-state index in [-0.39, 0.29) is 0 Å². The Labute approximate surface area is 94.9 Å². The molecule has 2 aromatic rings. The highest BCUT2D eigenvalue weighted by atomic mass is 16.5. The van der Waals surface area contributed by atoms with Crippen LogP contribution in [-0.4, -0.2) is 12.1 Å². The molecule has 0 aliphatic rings. The first kappa shape index (κ1) is 10.6. The monoisotopic (exact) mass is 214 g/mol. The highest BCUT2D eigenvalue weighted by molar-refractivity contribution is 5.67. The minimum atomic E-state index is 0.509. The maximum Gasteiger partial charge on any atom is 0.119 e. The van der Waals surface area contributed by atoms with E-state index in [9.17, 15) is 0 Å². The summed E-state index contributed by atoms with van der Waals surface area (Å²) < 4.78 is 5.20. The van der Waals surface area contributed by atoms with Gasteiger partial charge in [-0.05, 0) is 29.3 Å². The van der Waals surface area contributed by atoms with Gasteiger partial charge in [-0.25, -0.2) is 0 Å². The summed E-state index contributed by atoms with van der Waals surface area (Å²) in [5.41, 5.74) is 8.92. The molecule has 0 spiro atoms. The average Bonchev–Trinajstić information content (AvgIpc) is 2.38. The molecule has 0 unspecified atom stereocenters. The summed E-state index contributed by atoms with van der Waals surface area (Å²) in [5.74, 6) is 0.837. The van der Waals surface area contributed by atoms with Crippen LogP contribution >= 0.6 is 0 Å². The van der Waals surface area contributed by atoms with Crippen molar-refractivity contribution in [1.82, 2.24) is 4.98 Å². The Bertz CT molecular complexity index is 483. The third-order valence-electron chi connectivity index (χ3n) is 2.51. The Balaban J connectivity index is 2.49. The fourth-order valence-electron chi connectivity index (χ4n) is 1.65. The minimum absolute atomic E-state index is 0.509. The molecule has 3 nitrogen and oxygen atoms in total. The molecule has 0 aliphatic heterocycles. The van der Waals surface area contributed by atoms with Crippen molar-refractivity contribution in [2.24, 2.45) is 5.73 Å². The van der Waals surface area contributed by atoms with Crippen LogP contribution in [0.5, 0.6) is 5.75 Å². The summed E-state index contributed by atoms with van der Waals surface area (Å²) in [6, 6.07) is 9.83. The van der Waals surface area contributed by atoms with Gasteiger partial charge in [0.15, 0.2) is 0 Å². The number of nitrogens with two attached hydrogens (primary N) is 1. The van der Waals surface area contributed by atoms with Crippen LogP contribution in [0.2, 0.25) is 0 Å². The van der Waals surface area contributed by atoms with E-state index < -0.39 is 0 Å². The first-order valence-corrected chi connectivity index (χ1v) is 5.12. The molecule has 0 atom stereocenters. The first-order valence-electron chi connectivity index (χ1n) is 5.12. The number of pyridine rings is 1. The van der Waals surface area contributed by atoms with Gasteiger partial charge in [0.2, 0.25) is 0 Å². The lowest BCUT2D eigenvalue weighted by Crippen LogP contribution is -1.99. The van der Waals surface area contributed by atoms with Crippen molar-refractivity contribution < 1.29 is 4.74 Å². The van der Waals surface area contributed by atoms with E-state index in [4.69, 9.17) is 10.5 Å². The molecular weight excluding hydrogens is 200 g/mol. The van der Waals surface area contributed by atoms with Gasteiger partial charge in [0.1, 0.15) is 5.75 Å².